The van der Waals surface area contributed by atoms with Crippen molar-refractivity contribution >= 4 is 34.9 Å². The van der Waals surface area contributed by atoms with Crippen molar-refractivity contribution in [3.63, 3.8) is 0 Å². The topological polar surface area (TPSA) is 119 Å². The third-order valence-corrected chi connectivity index (χ3v) is 4.74. The summed E-state index contributed by atoms with van der Waals surface area (Å²) in [5.41, 5.74) is 0.0401. The summed E-state index contributed by atoms with van der Waals surface area (Å²) in [6.45, 7) is 2.51. The first-order chi connectivity index (χ1) is 12.8. The van der Waals surface area contributed by atoms with Gasteiger partial charge in [0.2, 0.25) is 5.91 Å². The highest BCUT2D eigenvalue weighted by atomic mass is 35.5. The molecule has 0 saturated carbocycles. The third-order valence-electron chi connectivity index (χ3n) is 4.43. The van der Waals surface area contributed by atoms with Crippen molar-refractivity contribution in [2.45, 2.75) is 19.8 Å². The fraction of sp³-hybridized carbons (Fsp3) is 0.353. The number of aromatic nitrogens is 1. The molecule has 10 heteroatoms. The van der Waals surface area contributed by atoms with Gasteiger partial charge in [0.25, 0.3) is 11.6 Å². The van der Waals surface area contributed by atoms with Gasteiger partial charge in [0.05, 0.1) is 15.5 Å². The van der Waals surface area contributed by atoms with Crippen LogP contribution in [-0.2, 0) is 4.79 Å². The van der Waals surface area contributed by atoms with Crippen molar-refractivity contribution in [1.29, 1.82) is 0 Å². The van der Waals surface area contributed by atoms with Gasteiger partial charge in [-0.3, -0.25) is 19.7 Å². The minimum absolute atomic E-state index is 0.0375. The number of hydrogen-bond acceptors (Lipinski definition) is 6. The molecule has 1 aliphatic heterocycles. The third kappa shape index (κ3) is 4.25. The summed E-state index contributed by atoms with van der Waals surface area (Å²) < 4.78 is 4.91. The number of halogens is 1. The standard InChI is InChI=1S/C17H17ClN4O5/c1-10-8-15(20-27-10)19-16(23)11-4-6-21(7-5-11)17(24)13-3-2-12(22(25)26)9-14(13)18/h2-3,8-9,11H,4-7H2,1H3,(H,19,20,23). The maximum Gasteiger partial charge on any atom is 0.270 e. The lowest BCUT2D eigenvalue weighted by molar-refractivity contribution is -0.384. The summed E-state index contributed by atoms with van der Waals surface area (Å²) in [5, 5.41) is 17.2. The van der Waals surface area contributed by atoms with E-state index in [9.17, 15) is 19.7 Å². The van der Waals surface area contributed by atoms with Gasteiger partial charge in [-0.05, 0) is 25.8 Å². The van der Waals surface area contributed by atoms with Crippen LogP contribution in [-0.4, -0.2) is 39.9 Å². The molecule has 3 rings (SSSR count). The summed E-state index contributed by atoms with van der Waals surface area (Å²) in [7, 11) is 0. The van der Waals surface area contributed by atoms with Crippen LogP contribution in [0.3, 0.4) is 0 Å². The van der Waals surface area contributed by atoms with Crippen molar-refractivity contribution in [1.82, 2.24) is 10.1 Å². The lowest BCUT2D eigenvalue weighted by atomic mass is 9.95. The Hall–Kier alpha value is -2.94. The molecule has 9 nitrogen and oxygen atoms in total. The number of rotatable bonds is 4. The van der Waals surface area contributed by atoms with Crippen molar-refractivity contribution in [3.8, 4) is 0 Å². The molecule has 1 aromatic carbocycles. The molecule has 1 aliphatic rings. The fourth-order valence-corrected chi connectivity index (χ4v) is 3.22. The van der Waals surface area contributed by atoms with Crippen LogP contribution in [0.15, 0.2) is 28.8 Å². The number of non-ortho nitro benzene ring substituents is 1. The van der Waals surface area contributed by atoms with E-state index in [0.29, 0.717) is 37.5 Å². The molecule has 2 heterocycles. The van der Waals surface area contributed by atoms with Crippen LogP contribution >= 0.6 is 11.6 Å². The average Bonchev–Trinajstić information content (AvgIpc) is 3.05. The summed E-state index contributed by atoms with van der Waals surface area (Å²) >= 11 is 6.03. The number of nitro benzene ring substituents is 1. The molecule has 1 N–H and O–H groups in total. The number of amides is 2. The Balaban J connectivity index is 1.59. The smallest absolute Gasteiger partial charge is 0.270 e. The summed E-state index contributed by atoms with van der Waals surface area (Å²) in [4.78, 5) is 36.7. The monoisotopic (exact) mass is 392 g/mol. The first-order valence-electron chi connectivity index (χ1n) is 8.32. The Bertz CT molecular complexity index is 889. The van der Waals surface area contributed by atoms with Gasteiger partial charge in [0.1, 0.15) is 5.76 Å². The molecule has 1 aromatic heterocycles. The van der Waals surface area contributed by atoms with Crippen LogP contribution in [0.4, 0.5) is 11.5 Å². The Labute approximate surface area is 159 Å². The highest BCUT2D eigenvalue weighted by Crippen LogP contribution is 2.26. The van der Waals surface area contributed by atoms with Gasteiger partial charge >= 0.3 is 0 Å². The average molecular weight is 393 g/mol. The molecule has 0 unspecified atom stereocenters. The van der Waals surface area contributed by atoms with Crippen LogP contribution < -0.4 is 5.32 Å². The van der Waals surface area contributed by atoms with Gasteiger partial charge in [-0.2, -0.15) is 0 Å². The van der Waals surface area contributed by atoms with E-state index in [2.05, 4.69) is 10.5 Å². The number of anilines is 1. The first kappa shape index (κ1) is 18.8. The minimum Gasteiger partial charge on any atom is -0.360 e. The number of piperidine rings is 1. The number of aryl methyl sites for hydroxylation is 1. The van der Waals surface area contributed by atoms with Crippen molar-refractivity contribution in [3.05, 3.63) is 50.7 Å². The number of likely N-dealkylation sites (tertiary alicyclic amines) is 1. The Kier molecular flexibility index (Phi) is 5.41. The van der Waals surface area contributed by atoms with E-state index in [4.69, 9.17) is 16.1 Å². The molecular weight excluding hydrogens is 376 g/mol. The molecule has 0 aliphatic carbocycles. The van der Waals surface area contributed by atoms with Gasteiger partial charge < -0.3 is 14.7 Å². The van der Waals surface area contributed by atoms with Crippen LogP contribution in [0, 0.1) is 23.0 Å². The van der Waals surface area contributed by atoms with Crippen molar-refractivity contribution < 1.29 is 19.0 Å². The van der Waals surface area contributed by atoms with Gasteiger partial charge in [-0.15, -0.1) is 0 Å². The lowest BCUT2D eigenvalue weighted by Crippen LogP contribution is -2.41. The normalized spacial score (nSPS) is 14.8. The second-order valence-electron chi connectivity index (χ2n) is 6.30. The number of nitrogens with one attached hydrogen (secondary N) is 1. The van der Waals surface area contributed by atoms with Gasteiger partial charge in [-0.1, -0.05) is 16.8 Å². The van der Waals surface area contributed by atoms with Gasteiger partial charge in [0, 0.05) is 37.2 Å². The highest BCUT2D eigenvalue weighted by Gasteiger charge is 2.29. The molecule has 0 bridgehead atoms. The largest absolute Gasteiger partial charge is 0.360 e. The molecule has 142 valence electrons. The number of carbonyl (C=O) groups excluding carboxylic acids is 2. The van der Waals surface area contributed by atoms with Gasteiger partial charge in [0.15, 0.2) is 5.82 Å². The summed E-state index contributed by atoms with van der Waals surface area (Å²) in [6, 6.07) is 5.40. The number of hydrogen-bond donors (Lipinski definition) is 1. The minimum atomic E-state index is -0.569. The Morgan fingerprint density at radius 1 is 1.33 bits per heavy atom. The molecule has 2 aromatic rings. The molecule has 27 heavy (non-hydrogen) atoms. The molecule has 0 spiro atoms. The second-order valence-corrected chi connectivity index (χ2v) is 6.71. The zero-order valence-electron chi connectivity index (χ0n) is 14.5. The molecule has 2 amide bonds. The van der Waals surface area contributed by atoms with Crippen molar-refractivity contribution in [2.24, 2.45) is 5.92 Å². The number of carbonyl (C=O) groups is 2. The van der Waals surface area contributed by atoms with E-state index in [-0.39, 0.29) is 34.0 Å². The van der Waals surface area contributed by atoms with Crippen LogP contribution in [0.1, 0.15) is 29.0 Å². The number of benzene rings is 1. The van der Waals surface area contributed by atoms with Crippen LogP contribution in [0.25, 0.3) is 0 Å². The zero-order valence-corrected chi connectivity index (χ0v) is 15.2. The Morgan fingerprint density at radius 2 is 2.04 bits per heavy atom. The molecule has 1 fully saturated rings. The van der Waals surface area contributed by atoms with E-state index in [1.54, 1.807) is 17.9 Å². The van der Waals surface area contributed by atoms with E-state index < -0.39 is 4.92 Å². The fourth-order valence-electron chi connectivity index (χ4n) is 2.96. The number of nitro groups is 1. The zero-order chi connectivity index (χ0) is 19.6. The maximum atomic E-state index is 12.6. The number of nitrogens with zero attached hydrogens (tertiary/aromatic N) is 3. The molecule has 1 saturated heterocycles. The Morgan fingerprint density at radius 3 is 2.59 bits per heavy atom. The van der Waals surface area contributed by atoms with E-state index in [0.717, 1.165) is 6.07 Å². The lowest BCUT2D eigenvalue weighted by Gasteiger charge is -2.31. The van der Waals surface area contributed by atoms with Crippen LogP contribution in [0.5, 0.6) is 0 Å². The maximum absolute atomic E-state index is 12.6. The highest BCUT2D eigenvalue weighted by molar-refractivity contribution is 6.34. The predicted octanol–water partition coefficient (Wildman–Crippen LogP) is 3.04. The van der Waals surface area contributed by atoms with E-state index >= 15 is 0 Å². The molecule has 0 atom stereocenters. The SMILES string of the molecule is Cc1cc(NC(=O)C2CCN(C(=O)c3ccc([N+](=O)[O-])cc3Cl)CC2)no1. The van der Waals surface area contributed by atoms with Gasteiger partial charge in [-0.25, -0.2) is 0 Å². The predicted molar refractivity (Wildman–Crippen MR) is 96.6 cm³/mol. The first-order valence-corrected chi connectivity index (χ1v) is 8.70. The van der Waals surface area contributed by atoms with Crippen molar-refractivity contribution in [2.75, 3.05) is 18.4 Å². The molecule has 0 radical (unpaired) electrons. The second kappa shape index (κ2) is 7.75. The van der Waals surface area contributed by atoms with E-state index in [1.807, 2.05) is 0 Å². The molecular formula is C17H17ClN4O5. The summed E-state index contributed by atoms with van der Waals surface area (Å²) in [5.74, 6) is 0.266. The quantitative estimate of drug-likeness (QED) is 0.631. The van der Waals surface area contributed by atoms with Crippen LogP contribution in [0.2, 0.25) is 5.02 Å². The summed E-state index contributed by atoms with van der Waals surface area (Å²) in [6.07, 6.45) is 0.998. The van der Waals surface area contributed by atoms with E-state index in [1.165, 1.54) is 12.1 Å².